The number of piperazine rings is 1. The topological polar surface area (TPSA) is 88.8 Å². The molecular weight excluding hydrogens is 565 g/mol. The predicted molar refractivity (Wildman–Crippen MR) is 165 cm³/mol. The molecule has 0 radical (unpaired) electrons. The second-order valence-corrected chi connectivity index (χ2v) is 13.0. The first-order valence-electron chi connectivity index (χ1n) is 15.2. The Bertz CT molecular complexity index is 1590. The molecule has 3 saturated heterocycles. The molecule has 9 nitrogen and oxygen atoms in total. The molecular formula is C32H36FN7O2S. The van der Waals surface area contributed by atoms with E-state index in [2.05, 4.69) is 57.0 Å². The molecule has 3 fully saturated rings. The standard InChI is InChI=1S/C32H36FN7O2S/c1-22(33)30(41)40-17-16-38(19-24(40)7-12-34)29-25-8-15-37(27-6-2-5-23-9-18-43-28(23)27)20-26(25)35-31(36-29)42-21-32-10-3-13-39(32)14-4-11-32/h2,5-6,9,18,24H,1,3-4,7-8,10-11,13-17,19-21H2/t24-/m0/s1. The SMILES string of the molecule is C=C(F)C(=O)N1CCN(c2nc(OCC34CCCN3CCC4)nc3c2CCN(c2cccc4ccsc24)C3)C[C@@H]1CC#N. The van der Waals surface area contributed by atoms with E-state index in [9.17, 15) is 14.4 Å². The fraction of sp³-hybridized carbons (Fsp3) is 0.500. The first-order chi connectivity index (χ1) is 21.0. The molecule has 43 heavy (non-hydrogen) atoms. The molecule has 224 valence electrons. The summed E-state index contributed by atoms with van der Waals surface area (Å²) in [6.45, 7) is 8.60. The minimum atomic E-state index is -1.00. The van der Waals surface area contributed by atoms with Crippen LogP contribution in [0.25, 0.3) is 10.1 Å². The highest BCUT2D eigenvalue weighted by molar-refractivity contribution is 7.17. The normalized spacial score (nSPS) is 21.5. The van der Waals surface area contributed by atoms with Gasteiger partial charge in [-0.2, -0.15) is 15.2 Å². The van der Waals surface area contributed by atoms with Crippen molar-refractivity contribution in [3.8, 4) is 12.1 Å². The first-order valence-corrected chi connectivity index (χ1v) is 16.1. The van der Waals surface area contributed by atoms with Crippen molar-refractivity contribution < 1.29 is 13.9 Å². The van der Waals surface area contributed by atoms with Crippen LogP contribution in [-0.4, -0.2) is 83.1 Å². The number of rotatable bonds is 7. The van der Waals surface area contributed by atoms with Gasteiger partial charge in [0.2, 0.25) is 0 Å². The van der Waals surface area contributed by atoms with Crippen LogP contribution < -0.4 is 14.5 Å². The second kappa shape index (κ2) is 11.4. The van der Waals surface area contributed by atoms with Crippen LogP contribution in [0.4, 0.5) is 15.9 Å². The number of hydrogen-bond acceptors (Lipinski definition) is 9. The predicted octanol–water partition coefficient (Wildman–Crippen LogP) is 4.68. The van der Waals surface area contributed by atoms with Gasteiger partial charge in [0.1, 0.15) is 12.4 Å². The number of ether oxygens (including phenoxy) is 1. The van der Waals surface area contributed by atoms with Gasteiger partial charge >= 0.3 is 6.01 Å². The van der Waals surface area contributed by atoms with Gasteiger partial charge < -0.3 is 19.4 Å². The van der Waals surface area contributed by atoms with E-state index in [0.29, 0.717) is 32.3 Å². The molecule has 4 aliphatic rings. The number of nitrogens with zero attached hydrogens (tertiary/aromatic N) is 7. The van der Waals surface area contributed by atoms with E-state index in [4.69, 9.17) is 14.7 Å². The van der Waals surface area contributed by atoms with Crippen LogP contribution in [-0.2, 0) is 17.8 Å². The van der Waals surface area contributed by atoms with Crippen LogP contribution in [0.15, 0.2) is 42.1 Å². The number of halogens is 1. The summed E-state index contributed by atoms with van der Waals surface area (Å²) in [5.41, 5.74) is 3.30. The van der Waals surface area contributed by atoms with Gasteiger partial charge in [-0.25, -0.2) is 4.39 Å². The van der Waals surface area contributed by atoms with Crippen molar-refractivity contribution in [2.75, 3.05) is 55.7 Å². The highest BCUT2D eigenvalue weighted by Crippen LogP contribution is 2.40. The first kappa shape index (κ1) is 28.0. The monoisotopic (exact) mass is 601 g/mol. The van der Waals surface area contributed by atoms with Gasteiger partial charge in [-0.05, 0) is 68.1 Å². The van der Waals surface area contributed by atoms with E-state index < -0.39 is 17.8 Å². The van der Waals surface area contributed by atoms with Crippen molar-refractivity contribution >= 4 is 38.8 Å². The fourth-order valence-electron chi connectivity index (χ4n) is 7.56. The van der Waals surface area contributed by atoms with Gasteiger partial charge in [-0.1, -0.05) is 18.7 Å². The zero-order valence-corrected chi connectivity index (χ0v) is 25.1. The minimum Gasteiger partial charge on any atom is -0.461 e. The number of fused-ring (bicyclic) bond motifs is 3. The maximum atomic E-state index is 13.8. The van der Waals surface area contributed by atoms with Crippen molar-refractivity contribution in [3.63, 3.8) is 0 Å². The third-order valence-electron chi connectivity index (χ3n) is 9.70. The number of amides is 1. The zero-order chi connectivity index (χ0) is 29.6. The molecule has 0 aliphatic carbocycles. The van der Waals surface area contributed by atoms with Crippen LogP contribution in [0.3, 0.4) is 0 Å². The molecule has 7 rings (SSSR count). The molecule has 0 N–H and O–H groups in total. The second-order valence-electron chi connectivity index (χ2n) is 12.1. The van der Waals surface area contributed by atoms with Gasteiger partial charge in [-0.15, -0.1) is 11.3 Å². The summed E-state index contributed by atoms with van der Waals surface area (Å²) in [4.78, 5) is 31.1. The van der Waals surface area contributed by atoms with Crippen LogP contribution in [0, 0.1) is 11.3 Å². The maximum absolute atomic E-state index is 13.8. The molecule has 0 unspecified atom stereocenters. The van der Waals surface area contributed by atoms with Gasteiger partial charge in [0.25, 0.3) is 5.91 Å². The average Bonchev–Trinajstić information content (AvgIpc) is 3.75. The Kier molecular flexibility index (Phi) is 7.43. The highest BCUT2D eigenvalue weighted by Gasteiger charge is 2.45. The van der Waals surface area contributed by atoms with Crippen molar-refractivity contribution in [2.45, 2.75) is 56.7 Å². The van der Waals surface area contributed by atoms with Crippen molar-refractivity contribution in [3.05, 3.63) is 53.3 Å². The van der Waals surface area contributed by atoms with Crippen LogP contribution in [0.2, 0.25) is 0 Å². The number of benzene rings is 1. The number of carbonyl (C=O) groups excluding carboxylic acids is 1. The van der Waals surface area contributed by atoms with E-state index in [0.717, 1.165) is 56.0 Å². The molecule has 11 heteroatoms. The average molecular weight is 602 g/mol. The van der Waals surface area contributed by atoms with E-state index >= 15 is 0 Å². The summed E-state index contributed by atoms with van der Waals surface area (Å²) in [7, 11) is 0. The molecule has 0 spiro atoms. The lowest BCUT2D eigenvalue weighted by atomic mass is 9.95. The fourth-order valence-corrected chi connectivity index (χ4v) is 8.50. The lowest BCUT2D eigenvalue weighted by Crippen LogP contribution is -2.55. The number of anilines is 2. The zero-order valence-electron chi connectivity index (χ0n) is 24.3. The molecule has 1 amide bonds. The molecule has 4 aliphatic heterocycles. The Morgan fingerprint density at radius 3 is 2.77 bits per heavy atom. The van der Waals surface area contributed by atoms with E-state index in [1.807, 2.05) is 0 Å². The highest BCUT2D eigenvalue weighted by atomic mass is 32.1. The molecule has 0 bridgehead atoms. The number of hydrogen-bond donors (Lipinski definition) is 0. The number of nitriles is 1. The van der Waals surface area contributed by atoms with Crippen LogP contribution in [0.1, 0.15) is 43.4 Å². The number of thiophene rings is 1. The molecule has 1 atom stereocenters. The smallest absolute Gasteiger partial charge is 0.318 e. The summed E-state index contributed by atoms with van der Waals surface area (Å²) >= 11 is 1.75. The maximum Gasteiger partial charge on any atom is 0.318 e. The Labute approximate surface area is 255 Å². The Hall–Kier alpha value is -3.75. The van der Waals surface area contributed by atoms with Gasteiger partial charge in [0, 0.05) is 31.7 Å². The molecule has 2 aromatic heterocycles. The van der Waals surface area contributed by atoms with Gasteiger partial charge in [-0.3, -0.25) is 9.69 Å². The van der Waals surface area contributed by atoms with Crippen LogP contribution in [0.5, 0.6) is 6.01 Å². The summed E-state index contributed by atoms with van der Waals surface area (Å²) < 4.78 is 21.6. The summed E-state index contributed by atoms with van der Waals surface area (Å²) in [6.07, 6.45) is 5.51. The molecule has 3 aromatic rings. The molecule has 0 saturated carbocycles. The summed E-state index contributed by atoms with van der Waals surface area (Å²) in [6, 6.07) is 10.7. The van der Waals surface area contributed by atoms with E-state index in [1.165, 1.54) is 33.5 Å². The Morgan fingerprint density at radius 2 is 1.98 bits per heavy atom. The summed E-state index contributed by atoms with van der Waals surface area (Å²) in [5.74, 6) is -0.946. The van der Waals surface area contributed by atoms with Crippen molar-refractivity contribution in [1.82, 2.24) is 19.8 Å². The van der Waals surface area contributed by atoms with Gasteiger partial charge in [0.05, 0.1) is 46.7 Å². The van der Waals surface area contributed by atoms with Crippen molar-refractivity contribution in [2.24, 2.45) is 0 Å². The third-order valence-corrected chi connectivity index (χ3v) is 10.7. The Morgan fingerprint density at radius 1 is 1.14 bits per heavy atom. The van der Waals surface area contributed by atoms with Gasteiger partial charge in [0.15, 0.2) is 5.83 Å². The quantitative estimate of drug-likeness (QED) is 0.361. The number of carbonyl (C=O) groups is 1. The third kappa shape index (κ3) is 5.10. The molecule has 1 aromatic carbocycles. The minimum absolute atomic E-state index is 0.0684. The Balaban J connectivity index is 1.21. The lowest BCUT2D eigenvalue weighted by molar-refractivity contribution is -0.131. The number of aromatic nitrogens is 2. The molecule has 6 heterocycles. The van der Waals surface area contributed by atoms with E-state index in [-0.39, 0.29) is 18.5 Å². The van der Waals surface area contributed by atoms with Crippen molar-refractivity contribution in [1.29, 1.82) is 5.26 Å². The summed E-state index contributed by atoms with van der Waals surface area (Å²) in [5, 5.41) is 12.9. The lowest BCUT2D eigenvalue weighted by Gasteiger charge is -2.42. The van der Waals surface area contributed by atoms with Crippen LogP contribution >= 0.6 is 11.3 Å². The van der Waals surface area contributed by atoms with E-state index in [1.54, 1.807) is 11.3 Å². The largest absolute Gasteiger partial charge is 0.461 e.